The van der Waals surface area contributed by atoms with Gasteiger partial charge in [0, 0.05) is 35.9 Å². The van der Waals surface area contributed by atoms with Gasteiger partial charge in [0.25, 0.3) is 15.9 Å². The van der Waals surface area contributed by atoms with E-state index in [0.29, 0.717) is 27.9 Å². The van der Waals surface area contributed by atoms with Crippen molar-refractivity contribution in [1.29, 1.82) is 0 Å². The minimum atomic E-state index is -3.75. The fourth-order valence-corrected chi connectivity index (χ4v) is 5.38. The molecule has 1 aromatic carbocycles. The molecule has 2 N–H and O–H groups in total. The fourth-order valence-electron chi connectivity index (χ4n) is 3.60. The van der Waals surface area contributed by atoms with Gasteiger partial charge in [0.15, 0.2) is 10.8 Å². The van der Waals surface area contributed by atoms with Gasteiger partial charge in [-0.15, -0.1) is 11.3 Å². The Labute approximate surface area is 188 Å². The van der Waals surface area contributed by atoms with E-state index in [2.05, 4.69) is 20.1 Å². The Morgan fingerprint density at radius 2 is 1.97 bits per heavy atom. The van der Waals surface area contributed by atoms with Gasteiger partial charge in [0.1, 0.15) is 0 Å². The first kappa shape index (κ1) is 20.6. The molecule has 0 unspecified atom stereocenters. The summed E-state index contributed by atoms with van der Waals surface area (Å²) in [6.45, 7) is 1.85. The zero-order valence-electron chi connectivity index (χ0n) is 17.4. The van der Waals surface area contributed by atoms with Crippen molar-refractivity contribution >= 4 is 49.1 Å². The lowest BCUT2D eigenvalue weighted by Gasteiger charge is -2.10. The average molecular weight is 469 g/mol. The van der Waals surface area contributed by atoms with E-state index in [1.54, 1.807) is 22.2 Å². The summed E-state index contributed by atoms with van der Waals surface area (Å²) in [6, 6.07) is 7.85. The number of carbonyl (C=O) groups is 1. The molecule has 0 saturated heterocycles. The number of aryl methyl sites for hydroxylation is 2. The lowest BCUT2D eigenvalue weighted by atomic mass is 10.1. The minimum absolute atomic E-state index is 0.0797. The van der Waals surface area contributed by atoms with E-state index >= 15 is 0 Å². The maximum absolute atomic E-state index is 13.2. The largest absolute Gasteiger partial charge is 0.322 e. The number of aromatic nitrogens is 4. The van der Waals surface area contributed by atoms with E-state index in [9.17, 15) is 13.2 Å². The van der Waals surface area contributed by atoms with Crippen LogP contribution in [-0.2, 0) is 17.1 Å². The Bertz CT molecular complexity index is 1420. The highest BCUT2D eigenvalue weighted by Crippen LogP contribution is 2.40. The van der Waals surface area contributed by atoms with Gasteiger partial charge in [-0.1, -0.05) is 0 Å². The molecule has 1 saturated carbocycles. The summed E-state index contributed by atoms with van der Waals surface area (Å²) in [4.78, 5) is 21.9. The minimum Gasteiger partial charge on any atom is -0.322 e. The number of hydrogen-bond donors (Lipinski definition) is 2. The highest BCUT2D eigenvalue weighted by atomic mass is 32.2. The van der Waals surface area contributed by atoms with Crippen molar-refractivity contribution in [2.24, 2.45) is 7.05 Å². The number of hydrogen-bond acceptors (Lipinski definition) is 7. The number of fused-ring (bicyclic) bond motifs is 1. The number of amides is 1. The second-order valence-electron chi connectivity index (χ2n) is 7.70. The summed E-state index contributed by atoms with van der Waals surface area (Å²) in [6.07, 6.45) is 3.67. The van der Waals surface area contributed by atoms with Crippen LogP contribution in [-0.4, -0.2) is 34.1 Å². The molecule has 0 aliphatic heterocycles. The number of sulfonamides is 1. The van der Waals surface area contributed by atoms with Crippen LogP contribution in [0.4, 0.5) is 10.8 Å². The van der Waals surface area contributed by atoms with Crippen molar-refractivity contribution in [3.63, 3.8) is 0 Å². The molecule has 0 bridgehead atoms. The van der Waals surface area contributed by atoms with Crippen LogP contribution in [0, 0.1) is 6.92 Å². The molecule has 1 amide bonds. The maximum Gasteiger partial charge on any atom is 0.263 e. The first-order valence-electron chi connectivity index (χ1n) is 10.00. The normalized spacial score (nSPS) is 13.9. The molecule has 11 heteroatoms. The van der Waals surface area contributed by atoms with Crippen LogP contribution in [0.15, 0.2) is 46.8 Å². The van der Waals surface area contributed by atoms with Gasteiger partial charge in [0.2, 0.25) is 0 Å². The quantitative estimate of drug-likeness (QED) is 0.446. The van der Waals surface area contributed by atoms with Crippen molar-refractivity contribution < 1.29 is 13.2 Å². The lowest BCUT2D eigenvalue weighted by Crippen LogP contribution is -2.15. The van der Waals surface area contributed by atoms with Gasteiger partial charge in [-0.3, -0.25) is 14.2 Å². The molecular weight excluding hydrogens is 448 g/mol. The monoisotopic (exact) mass is 468 g/mol. The Morgan fingerprint density at radius 1 is 1.22 bits per heavy atom. The SMILES string of the molecule is Cc1nn(C)c2nc(C3CC3)cc(C(=O)Nc3ccc(S(=O)(=O)Nc4nccs4)cc3)c12. The van der Waals surface area contributed by atoms with Crippen LogP contribution in [0.5, 0.6) is 0 Å². The van der Waals surface area contributed by atoms with Crippen molar-refractivity contribution in [3.05, 3.63) is 58.9 Å². The summed E-state index contributed by atoms with van der Waals surface area (Å²) in [7, 11) is -1.94. The van der Waals surface area contributed by atoms with Gasteiger partial charge in [-0.25, -0.2) is 18.4 Å². The topological polar surface area (TPSA) is 119 Å². The maximum atomic E-state index is 13.2. The van der Waals surface area contributed by atoms with E-state index in [0.717, 1.165) is 29.6 Å². The van der Waals surface area contributed by atoms with Crippen LogP contribution >= 0.6 is 11.3 Å². The molecule has 0 atom stereocenters. The van der Waals surface area contributed by atoms with Gasteiger partial charge in [-0.05, 0) is 50.1 Å². The molecule has 164 valence electrons. The van der Waals surface area contributed by atoms with Crippen LogP contribution in [0.25, 0.3) is 11.0 Å². The third-order valence-electron chi connectivity index (χ3n) is 5.31. The molecule has 0 radical (unpaired) electrons. The Kier molecular flexibility index (Phi) is 4.94. The fraction of sp³-hybridized carbons (Fsp3) is 0.238. The van der Waals surface area contributed by atoms with E-state index < -0.39 is 10.0 Å². The molecule has 32 heavy (non-hydrogen) atoms. The molecule has 5 rings (SSSR count). The lowest BCUT2D eigenvalue weighted by molar-refractivity contribution is 0.102. The Balaban J connectivity index is 1.41. The molecule has 1 aliphatic rings. The molecule has 3 heterocycles. The molecule has 1 fully saturated rings. The predicted octanol–water partition coefficient (Wildman–Crippen LogP) is 3.66. The Morgan fingerprint density at radius 3 is 2.62 bits per heavy atom. The van der Waals surface area contributed by atoms with E-state index in [-0.39, 0.29) is 10.8 Å². The number of nitrogens with one attached hydrogen (secondary N) is 2. The van der Waals surface area contributed by atoms with Crippen molar-refractivity contribution in [2.45, 2.75) is 30.6 Å². The second-order valence-corrected chi connectivity index (χ2v) is 10.3. The summed E-state index contributed by atoms with van der Waals surface area (Å²) in [5, 5.41) is 10.00. The highest BCUT2D eigenvalue weighted by molar-refractivity contribution is 7.93. The van der Waals surface area contributed by atoms with Gasteiger partial charge in [0.05, 0.1) is 21.5 Å². The molecule has 3 aromatic heterocycles. The molecule has 0 spiro atoms. The first-order valence-corrected chi connectivity index (χ1v) is 12.4. The van der Waals surface area contributed by atoms with Crippen LogP contribution in [0.2, 0.25) is 0 Å². The van der Waals surface area contributed by atoms with Crippen LogP contribution < -0.4 is 10.0 Å². The number of benzene rings is 1. The van der Waals surface area contributed by atoms with Crippen LogP contribution in [0.1, 0.15) is 40.5 Å². The highest BCUT2D eigenvalue weighted by Gasteiger charge is 2.28. The first-order chi connectivity index (χ1) is 15.3. The molecular formula is C21H20N6O3S2. The number of nitrogens with zero attached hydrogens (tertiary/aromatic N) is 4. The van der Waals surface area contributed by atoms with Crippen molar-refractivity contribution in [1.82, 2.24) is 19.7 Å². The third-order valence-corrected chi connectivity index (χ3v) is 7.48. The molecule has 1 aliphatic carbocycles. The Hall–Kier alpha value is -3.31. The summed E-state index contributed by atoms with van der Waals surface area (Å²) in [5.41, 5.74) is 3.33. The number of pyridine rings is 1. The van der Waals surface area contributed by atoms with Gasteiger partial charge < -0.3 is 5.32 Å². The zero-order chi connectivity index (χ0) is 22.5. The smallest absolute Gasteiger partial charge is 0.263 e. The second kappa shape index (κ2) is 7.68. The number of thiazole rings is 1. The van der Waals surface area contributed by atoms with E-state index in [4.69, 9.17) is 4.98 Å². The molecule has 9 nitrogen and oxygen atoms in total. The van der Waals surface area contributed by atoms with Crippen molar-refractivity contribution in [2.75, 3.05) is 10.0 Å². The standard InChI is InChI=1S/C21H20N6O3S2/c1-12-18-16(11-17(13-3-4-13)24-19(18)27(2)25-12)20(28)23-14-5-7-15(8-6-14)32(29,30)26-21-22-9-10-31-21/h5-11,13H,3-4H2,1-2H3,(H,22,26)(H,23,28). The van der Waals surface area contributed by atoms with Crippen LogP contribution in [0.3, 0.4) is 0 Å². The summed E-state index contributed by atoms with van der Waals surface area (Å²) < 4.78 is 29.1. The zero-order valence-corrected chi connectivity index (χ0v) is 19.0. The average Bonchev–Trinajstić information content (AvgIpc) is 3.42. The van der Waals surface area contributed by atoms with Gasteiger partial charge >= 0.3 is 0 Å². The number of carbonyl (C=O) groups excluding carboxylic acids is 1. The van der Waals surface area contributed by atoms with Crippen molar-refractivity contribution in [3.8, 4) is 0 Å². The summed E-state index contributed by atoms with van der Waals surface area (Å²) >= 11 is 1.19. The van der Waals surface area contributed by atoms with Gasteiger partial charge in [-0.2, -0.15) is 5.10 Å². The van der Waals surface area contributed by atoms with E-state index in [1.807, 2.05) is 20.0 Å². The summed E-state index contributed by atoms with van der Waals surface area (Å²) in [5.74, 6) is 0.0999. The predicted molar refractivity (Wildman–Crippen MR) is 123 cm³/mol. The third kappa shape index (κ3) is 3.84. The molecule has 4 aromatic rings. The number of anilines is 2. The van der Waals surface area contributed by atoms with E-state index in [1.165, 1.54) is 29.7 Å². The number of rotatable bonds is 6.